The summed E-state index contributed by atoms with van der Waals surface area (Å²) in [4.78, 5) is 24.8. The van der Waals surface area contributed by atoms with Crippen LogP contribution in [0.1, 0.15) is 30.0 Å². The minimum absolute atomic E-state index is 0.193. The predicted octanol–water partition coefficient (Wildman–Crippen LogP) is 2.34. The van der Waals surface area contributed by atoms with Gasteiger partial charge in [-0.05, 0) is 45.7 Å². The van der Waals surface area contributed by atoms with Gasteiger partial charge in [-0.1, -0.05) is 20.3 Å². The Bertz CT molecular complexity index is 364. The molecule has 4 N–H and O–H groups in total. The Morgan fingerprint density at radius 3 is 1.86 bits per heavy atom. The minimum Gasteiger partial charge on any atom is -0.333 e. The number of amides is 1. The molecule has 1 aromatic rings. The highest BCUT2D eigenvalue weighted by atomic mass is 32.1. The summed E-state index contributed by atoms with van der Waals surface area (Å²) in [5.41, 5.74) is 10.00. The van der Waals surface area contributed by atoms with Crippen molar-refractivity contribution in [2.45, 2.75) is 40.2 Å². The summed E-state index contributed by atoms with van der Waals surface area (Å²) in [5, 5.41) is 0. The Morgan fingerprint density at radius 2 is 1.67 bits per heavy atom. The minimum atomic E-state index is -0.470. The predicted molar refractivity (Wildman–Crippen MR) is 93.0 cm³/mol. The summed E-state index contributed by atoms with van der Waals surface area (Å²) in [6.45, 7) is 13.3. The number of thiophene rings is 1. The Labute approximate surface area is 132 Å². The van der Waals surface area contributed by atoms with Gasteiger partial charge in [0.15, 0.2) is 0 Å². The molecule has 0 aliphatic carbocycles. The third-order valence-electron chi connectivity index (χ3n) is 2.57. The fourth-order valence-electron chi connectivity index (χ4n) is 1.16. The first-order valence-electron chi connectivity index (χ1n) is 6.58. The van der Waals surface area contributed by atoms with Gasteiger partial charge in [0.05, 0.1) is 6.04 Å². The van der Waals surface area contributed by atoms with Gasteiger partial charge in [-0.25, -0.2) is 4.99 Å². The molecule has 1 heterocycles. The molecular weight excluding hydrogens is 286 g/mol. The number of nitrogens with zero attached hydrogens (tertiary/aromatic N) is 1. The molecule has 2 atom stereocenters. The second-order valence-corrected chi connectivity index (χ2v) is 5.56. The molecule has 5 nitrogen and oxygen atoms in total. The van der Waals surface area contributed by atoms with E-state index >= 15 is 0 Å². The number of hydrogen-bond acceptors (Lipinski definition) is 5. The van der Waals surface area contributed by atoms with E-state index in [0.717, 1.165) is 6.42 Å². The zero-order chi connectivity index (χ0) is 17.4. The molecule has 1 amide bonds. The van der Waals surface area contributed by atoms with Crippen molar-refractivity contribution in [1.29, 1.82) is 0 Å². The standard InChI is InChI=1S/C7H14N2O.C6H8S.CH5N.CH2O/c1-4-5(2)6(8)7(10)9-3;1-5-3-4-6(2)7-5;2*1-2/h5-6H,3-4,8H2,1-2H3;3-4H,1-2H3;2H2,1H3;1H2/t5-,6?;;;/m0.../s1. The average Bonchev–Trinajstić information content (AvgIpc) is 2.92. The number of rotatable bonds is 3. The first kappa shape index (κ1) is 24.6. The van der Waals surface area contributed by atoms with E-state index in [9.17, 15) is 4.79 Å². The zero-order valence-electron chi connectivity index (χ0n) is 13.8. The average molecular weight is 315 g/mol. The van der Waals surface area contributed by atoms with E-state index < -0.39 is 6.04 Å². The lowest BCUT2D eigenvalue weighted by Gasteiger charge is -2.13. The largest absolute Gasteiger partial charge is 0.333 e. The van der Waals surface area contributed by atoms with Crippen LogP contribution in [-0.2, 0) is 9.59 Å². The van der Waals surface area contributed by atoms with Gasteiger partial charge in [-0.15, -0.1) is 11.3 Å². The van der Waals surface area contributed by atoms with Gasteiger partial charge in [0.25, 0.3) is 5.91 Å². The molecule has 6 heteroatoms. The molecule has 0 spiro atoms. The van der Waals surface area contributed by atoms with Crippen LogP contribution in [0.2, 0.25) is 0 Å². The van der Waals surface area contributed by atoms with E-state index in [1.807, 2.05) is 32.0 Å². The van der Waals surface area contributed by atoms with Crippen molar-refractivity contribution >= 4 is 30.8 Å². The van der Waals surface area contributed by atoms with Crippen molar-refractivity contribution in [2.75, 3.05) is 7.05 Å². The van der Waals surface area contributed by atoms with E-state index in [-0.39, 0.29) is 11.8 Å². The van der Waals surface area contributed by atoms with E-state index in [0.29, 0.717) is 0 Å². The van der Waals surface area contributed by atoms with Crippen molar-refractivity contribution in [3.05, 3.63) is 21.9 Å². The van der Waals surface area contributed by atoms with Crippen LogP contribution >= 0.6 is 11.3 Å². The first-order chi connectivity index (χ1) is 9.92. The quantitative estimate of drug-likeness (QED) is 0.836. The molecule has 0 saturated carbocycles. The van der Waals surface area contributed by atoms with Crippen LogP contribution in [0.5, 0.6) is 0 Å². The second kappa shape index (κ2) is 16.7. The van der Waals surface area contributed by atoms with E-state index in [1.165, 1.54) is 16.8 Å². The molecule has 0 aliphatic heterocycles. The van der Waals surface area contributed by atoms with Crippen molar-refractivity contribution in [1.82, 2.24) is 0 Å². The highest BCUT2D eigenvalue weighted by molar-refractivity contribution is 7.11. The maximum Gasteiger partial charge on any atom is 0.262 e. The molecule has 0 radical (unpaired) electrons. The Balaban J connectivity index is -0.000000256. The monoisotopic (exact) mass is 315 g/mol. The number of hydrogen-bond donors (Lipinski definition) is 2. The van der Waals surface area contributed by atoms with Gasteiger partial charge in [-0.2, -0.15) is 0 Å². The van der Waals surface area contributed by atoms with Crippen molar-refractivity contribution in [3.8, 4) is 0 Å². The zero-order valence-corrected chi connectivity index (χ0v) is 14.6. The summed E-state index contributed by atoms with van der Waals surface area (Å²) in [6, 6.07) is 3.81. The van der Waals surface area contributed by atoms with Crippen LogP contribution in [0, 0.1) is 19.8 Å². The van der Waals surface area contributed by atoms with Crippen molar-refractivity contribution in [3.63, 3.8) is 0 Å². The smallest absolute Gasteiger partial charge is 0.262 e. The molecule has 0 aliphatic rings. The summed E-state index contributed by atoms with van der Waals surface area (Å²) < 4.78 is 0. The van der Waals surface area contributed by atoms with Crippen LogP contribution in [0.25, 0.3) is 0 Å². The van der Waals surface area contributed by atoms with E-state index in [1.54, 1.807) is 0 Å². The van der Waals surface area contributed by atoms with E-state index in [4.69, 9.17) is 10.5 Å². The number of nitrogens with two attached hydrogens (primary N) is 2. The summed E-state index contributed by atoms with van der Waals surface area (Å²) in [6.07, 6.45) is 0.891. The SMILES string of the molecule is C=NC(=O)C(N)[C@@H](C)CC.C=O.CN.Cc1ccc(C)s1. The van der Waals surface area contributed by atoms with Crippen molar-refractivity contribution in [2.24, 2.45) is 22.4 Å². The summed E-state index contributed by atoms with van der Waals surface area (Å²) in [5.74, 6) is -0.118. The molecule has 0 aromatic carbocycles. The van der Waals surface area contributed by atoms with Gasteiger partial charge < -0.3 is 16.3 Å². The molecule has 122 valence electrons. The summed E-state index contributed by atoms with van der Waals surface area (Å²) >= 11 is 1.84. The molecule has 0 saturated heterocycles. The molecule has 0 bridgehead atoms. The van der Waals surface area contributed by atoms with Gasteiger partial charge in [0.1, 0.15) is 6.79 Å². The maximum absolute atomic E-state index is 10.8. The molecular formula is C15H29N3O2S. The van der Waals surface area contributed by atoms with Gasteiger partial charge in [-0.3, -0.25) is 4.79 Å². The molecule has 21 heavy (non-hydrogen) atoms. The highest BCUT2D eigenvalue weighted by Gasteiger charge is 2.17. The lowest BCUT2D eigenvalue weighted by molar-refractivity contribution is -0.119. The van der Waals surface area contributed by atoms with Crippen LogP contribution < -0.4 is 11.5 Å². The van der Waals surface area contributed by atoms with Gasteiger partial charge >= 0.3 is 0 Å². The molecule has 1 aromatic heterocycles. The Morgan fingerprint density at radius 1 is 1.29 bits per heavy atom. The van der Waals surface area contributed by atoms with Gasteiger partial charge in [0.2, 0.25) is 0 Å². The first-order valence-corrected chi connectivity index (χ1v) is 7.39. The number of aliphatic imine (C=N–C) groups is 1. The van der Waals surface area contributed by atoms with Crippen LogP contribution in [-0.4, -0.2) is 32.5 Å². The normalized spacial score (nSPS) is 11.2. The second-order valence-electron chi connectivity index (χ2n) is 4.06. The Kier molecular flexibility index (Phi) is 19.6. The fraction of sp³-hybridized carbons (Fsp3) is 0.533. The van der Waals surface area contributed by atoms with Gasteiger partial charge in [0, 0.05) is 9.75 Å². The maximum atomic E-state index is 10.8. The summed E-state index contributed by atoms with van der Waals surface area (Å²) in [7, 11) is 1.50. The third kappa shape index (κ3) is 13.4. The number of aryl methyl sites for hydroxylation is 2. The molecule has 0 fully saturated rings. The highest BCUT2D eigenvalue weighted by Crippen LogP contribution is 2.12. The van der Waals surface area contributed by atoms with Crippen LogP contribution in [0.15, 0.2) is 17.1 Å². The number of carbonyl (C=O) groups excluding carboxylic acids is 2. The lowest BCUT2D eigenvalue weighted by atomic mass is 10.00. The van der Waals surface area contributed by atoms with Crippen molar-refractivity contribution < 1.29 is 9.59 Å². The topological polar surface area (TPSA) is 98.5 Å². The van der Waals surface area contributed by atoms with Crippen LogP contribution in [0.4, 0.5) is 0 Å². The van der Waals surface area contributed by atoms with Crippen LogP contribution in [0.3, 0.4) is 0 Å². The molecule has 1 unspecified atom stereocenters. The number of carbonyl (C=O) groups is 2. The third-order valence-corrected chi connectivity index (χ3v) is 3.49. The molecule has 1 rings (SSSR count). The fourth-order valence-corrected chi connectivity index (χ4v) is 1.94. The van der Waals surface area contributed by atoms with E-state index in [2.05, 4.69) is 43.4 Å². The Hall–Kier alpha value is -1.37. The lowest BCUT2D eigenvalue weighted by Crippen LogP contribution is -2.35.